The summed E-state index contributed by atoms with van der Waals surface area (Å²) in [6, 6.07) is 12.0. The second-order valence-corrected chi connectivity index (χ2v) is 8.97. The molecule has 2 aromatic carbocycles. The number of hydrogen-bond donors (Lipinski definition) is 2. The van der Waals surface area contributed by atoms with Gasteiger partial charge in [0.2, 0.25) is 11.9 Å². The van der Waals surface area contributed by atoms with Gasteiger partial charge in [-0.15, -0.1) is 0 Å². The summed E-state index contributed by atoms with van der Waals surface area (Å²) in [5.74, 6) is -0.826. The fourth-order valence-corrected chi connectivity index (χ4v) is 4.06. The summed E-state index contributed by atoms with van der Waals surface area (Å²) in [6.45, 7) is 3.71. The summed E-state index contributed by atoms with van der Waals surface area (Å²) in [7, 11) is 1.81. The maximum absolute atomic E-state index is 15.2. The molecule has 200 valence electrons. The third kappa shape index (κ3) is 5.83. The van der Waals surface area contributed by atoms with Crippen LogP contribution in [0.5, 0.6) is 11.8 Å². The second kappa shape index (κ2) is 11.1. The highest BCUT2D eigenvalue weighted by Crippen LogP contribution is 2.36. The minimum atomic E-state index is -0.596. The lowest BCUT2D eigenvalue weighted by Gasteiger charge is -2.15. The minimum absolute atomic E-state index is 0.0125. The molecule has 1 amide bonds. The number of aromatic nitrogens is 6. The van der Waals surface area contributed by atoms with Gasteiger partial charge in [0.25, 0.3) is 0 Å². The lowest BCUT2D eigenvalue weighted by atomic mass is 9.94. The summed E-state index contributed by atoms with van der Waals surface area (Å²) in [4.78, 5) is 28.8. The standard InChI is InChI=1S/C29H25FN8O2/c1-17-11-12-32-29(35-17)40-25-9-7-20(13-24(25)30)23-15-33-28(36-21-14-34-38(3)16-21)37-27(23)22-6-4-5-19(18(22)2)8-10-26(31)39/h4-16H,1-3H3,(H2,31,39)(H,33,36,37). The van der Waals surface area contributed by atoms with Gasteiger partial charge in [-0.1, -0.05) is 24.3 Å². The predicted octanol–water partition coefficient (Wildman–Crippen LogP) is 5.12. The van der Waals surface area contributed by atoms with E-state index >= 15 is 4.39 Å². The van der Waals surface area contributed by atoms with Crippen molar-refractivity contribution in [2.75, 3.05) is 5.32 Å². The molecule has 10 nitrogen and oxygen atoms in total. The molecule has 11 heteroatoms. The number of halogens is 1. The lowest BCUT2D eigenvalue weighted by molar-refractivity contribution is -0.113. The molecule has 3 aromatic heterocycles. The number of hydrogen-bond acceptors (Lipinski definition) is 8. The molecule has 0 bridgehead atoms. The van der Waals surface area contributed by atoms with E-state index in [4.69, 9.17) is 15.5 Å². The van der Waals surface area contributed by atoms with Crippen LogP contribution in [0.25, 0.3) is 28.5 Å². The molecular formula is C29H25FN8O2. The van der Waals surface area contributed by atoms with Crippen molar-refractivity contribution >= 4 is 23.6 Å². The highest BCUT2D eigenvalue weighted by molar-refractivity contribution is 5.91. The topological polar surface area (TPSA) is 134 Å². The Bertz CT molecular complexity index is 1750. The van der Waals surface area contributed by atoms with E-state index in [-0.39, 0.29) is 11.8 Å². The molecule has 0 radical (unpaired) electrons. The van der Waals surface area contributed by atoms with Gasteiger partial charge in [0, 0.05) is 48.5 Å². The van der Waals surface area contributed by atoms with Crippen molar-refractivity contribution in [3.8, 4) is 34.1 Å². The SMILES string of the molecule is Cc1ccnc(Oc2ccc(-c3cnc(Nc4cnn(C)c4)nc3-c3cccc(C=CC(N)=O)c3C)cc2F)n1. The first-order chi connectivity index (χ1) is 19.3. The van der Waals surface area contributed by atoms with Crippen LogP contribution in [0.3, 0.4) is 0 Å². The first-order valence-electron chi connectivity index (χ1n) is 12.2. The molecule has 5 rings (SSSR count). The monoisotopic (exact) mass is 536 g/mol. The number of benzene rings is 2. The van der Waals surface area contributed by atoms with E-state index in [1.807, 2.05) is 32.2 Å². The van der Waals surface area contributed by atoms with E-state index in [0.717, 1.165) is 16.7 Å². The van der Waals surface area contributed by atoms with Crippen LogP contribution in [0, 0.1) is 19.7 Å². The molecule has 0 saturated heterocycles. The van der Waals surface area contributed by atoms with E-state index in [2.05, 4.69) is 25.4 Å². The highest BCUT2D eigenvalue weighted by Gasteiger charge is 2.17. The smallest absolute Gasteiger partial charge is 0.322 e. The zero-order chi connectivity index (χ0) is 28.2. The molecule has 0 aliphatic carbocycles. The van der Waals surface area contributed by atoms with Crippen LogP contribution in [0.4, 0.5) is 16.0 Å². The number of amides is 1. The fourth-order valence-electron chi connectivity index (χ4n) is 4.06. The van der Waals surface area contributed by atoms with Crippen LogP contribution in [0.1, 0.15) is 16.8 Å². The van der Waals surface area contributed by atoms with Gasteiger partial charge < -0.3 is 15.8 Å². The number of aryl methyl sites for hydroxylation is 2. The quantitative estimate of drug-likeness (QED) is 0.261. The van der Waals surface area contributed by atoms with E-state index < -0.39 is 11.7 Å². The van der Waals surface area contributed by atoms with Crippen molar-refractivity contribution in [3.05, 3.63) is 96.0 Å². The normalized spacial score (nSPS) is 11.1. The Balaban J connectivity index is 1.58. The van der Waals surface area contributed by atoms with Crippen molar-refractivity contribution in [3.63, 3.8) is 0 Å². The number of carbonyl (C=O) groups excluding carboxylic acids is 1. The van der Waals surface area contributed by atoms with E-state index in [1.165, 1.54) is 18.2 Å². The number of primary amides is 1. The van der Waals surface area contributed by atoms with Gasteiger partial charge in [-0.05, 0) is 54.8 Å². The zero-order valence-corrected chi connectivity index (χ0v) is 22.0. The zero-order valence-electron chi connectivity index (χ0n) is 22.0. The minimum Gasteiger partial charge on any atom is -0.421 e. The molecule has 0 aliphatic heterocycles. The molecule has 5 aromatic rings. The van der Waals surface area contributed by atoms with Crippen molar-refractivity contribution in [2.45, 2.75) is 13.8 Å². The van der Waals surface area contributed by atoms with Crippen LogP contribution in [-0.4, -0.2) is 35.6 Å². The summed E-state index contributed by atoms with van der Waals surface area (Å²) in [5, 5.41) is 7.31. The van der Waals surface area contributed by atoms with E-state index in [9.17, 15) is 4.79 Å². The van der Waals surface area contributed by atoms with Gasteiger partial charge in [0.05, 0.1) is 17.6 Å². The van der Waals surface area contributed by atoms with E-state index in [1.54, 1.807) is 54.6 Å². The predicted molar refractivity (Wildman–Crippen MR) is 149 cm³/mol. The summed E-state index contributed by atoms with van der Waals surface area (Å²) in [6.07, 6.45) is 9.58. The Morgan fingerprint density at radius 2 is 1.93 bits per heavy atom. The number of nitrogens with zero attached hydrogens (tertiary/aromatic N) is 6. The molecule has 40 heavy (non-hydrogen) atoms. The molecule has 0 spiro atoms. The largest absolute Gasteiger partial charge is 0.421 e. The van der Waals surface area contributed by atoms with Crippen molar-refractivity contribution < 1.29 is 13.9 Å². The van der Waals surface area contributed by atoms with Crippen LogP contribution < -0.4 is 15.8 Å². The molecule has 3 heterocycles. The number of rotatable bonds is 8. The Hall–Kier alpha value is -5.45. The molecule has 0 unspecified atom stereocenters. The highest BCUT2D eigenvalue weighted by atomic mass is 19.1. The van der Waals surface area contributed by atoms with E-state index in [0.29, 0.717) is 34.2 Å². The number of nitrogens with one attached hydrogen (secondary N) is 1. The second-order valence-electron chi connectivity index (χ2n) is 8.97. The molecule has 0 saturated carbocycles. The van der Waals surface area contributed by atoms with Gasteiger partial charge in [0.1, 0.15) is 0 Å². The maximum Gasteiger partial charge on any atom is 0.322 e. The van der Waals surface area contributed by atoms with Crippen LogP contribution in [0.15, 0.2) is 73.3 Å². The molecule has 0 fully saturated rings. The van der Waals surface area contributed by atoms with Crippen molar-refractivity contribution in [1.29, 1.82) is 0 Å². The van der Waals surface area contributed by atoms with Gasteiger partial charge in [-0.25, -0.2) is 24.3 Å². The molecular weight excluding hydrogens is 511 g/mol. The average Bonchev–Trinajstić information content (AvgIpc) is 3.33. The van der Waals surface area contributed by atoms with Crippen molar-refractivity contribution in [2.24, 2.45) is 12.8 Å². The average molecular weight is 537 g/mol. The van der Waals surface area contributed by atoms with Gasteiger partial charge >= 0.3 is 6.01 Å². The Labute approximate surface area is 229 Å². The first kappa shape index (κ1) is 26.2. The van der Waals surface area contributed by atoms with Crippen molar-refractivity contribution in [1.82, 2.24) is 29.7 Å². The van der Waals surface area contributed by atoms with Gasteiger partial charge in [-0.2, -0.15) is 5.10 Å². The third-order valence-corrected chi connectivity index (χ3v) is 6.02. The number of carbonyl (C=O) groups is 1. The molecule has 3 N–H and O–H groups in total. The van der Waals surface area contributed by atoms with Gasteiger partial charge in [0.15, 0.2) is 11.6 Å². The summed E-state index contributed by atoms with van der Waals surface area (Å²) < 4.78 is 22.5. The lowest BCUT2D eigenvalue weighted by Crippen LogP contribution is -2.05. The first-order valence-corrected chi connectivity index (χ1v) is 12.2. The fraction of sp³-hybridized carbons (Fsp3) is 0.103. The Kier molecular flexibility index (Phi) is 7.27. The van der Waals surface area contributed by atoms with Crippen LogP contribution in [-0.2, 0) is 11.8 Å². The van der Waals surface area contributed by atoms with Crippen LogP contribution >= 0.6 is 0 Å². The Morgan fingerprint density at radius 1 is 1.07 bits per heavy atom. The maximum atomic E-state index is 15.2. The summed E-state index contributed by atoms with van der Waals surface area (Å²) in [5.41, 5.74) is 10.8. The Morgan fingerprint density at radius 3 is 2.65 bits per heavy atom. The number of ether oxygens (including phenoxy) is 1. The number of anilines is 2. The number of nitrogens with two attached hydrogens (primary N) is 1. The molecule has 0 aliphatic rings. The third-order valence-electron chi connectivity index (χ3n) is 6.02. The molecule has 0 atom stereocenters. The van der Waals surface area contributed by atoms with Crippen LogP contribution in [0.2, 0.25) is 0 Å². The van der Waals surface area contributed by atoms with Gasteiger partial charge in [-0.3, -0.25) is 9.48 Å². The summed E-state index contributed by atoms with van der Waals surface area (Å²) >= 11 is 0.